The first-order chi connectivity index (χ1) is 7.84. The van der Waals surface area contributed by atoms with E-state index < -0.39 is 0 Å². The van der Waals surface area contributed by atoms with Crippen LogP contribution in [0.2, 0.25) is 0 Å². The second-order valence-corrected chi connectivity index (χ2v) is 4.49. The first-order valence-corrected chi connectivity index (χ1v) is 6.22. The lowest BCUT2D eigenvalue weighted by atomic mass is 10.3. The molecule has 1 heterocycles. The molecule has 2 N–H and O–H groups in total. The Morgan fingerprint density at radius 1 is 1.31 bits per heavy atom. The van der Waals surface area contributed by atoms with Gasteiger partial charge < -0.3 is 4.72 Å². The van der Waals surface area contributed by atoms with Gasteiger partial charge in [-0.25, -0.2) is 4.98 Å². The fourth-order valence-electron chi connectivity index (χ4n) is 1.01. The first-order valence-electron chi connectivity index (χ1n) is 4.53. The van der Waals surface area contributed by atoms with Crippen LogP contribution >= 0.6 is 23.3 Å². The third-order valence-electron chi connectivity index (χ3n) is 1.68. The molecule has 4 nitrogen and oxygen atoms in total. The van der Waals surface area contributed by atoms with Gasteiger partial charge in [0.25, 0.3) is 0 Å². The lowest BCUT2D eigenvalue weighted by molar-refractivity contribution is 0.270. The van der Waals surface area contributed by atoms with Gasteiger partial charge >= 0.3 is 5.24 Å². The molecule has 0 atom stereocenters. The van der Waals surface area contributed by atoms with Crippen molar-refractivity contribution in [1.29, 1.82) is 0 Å². The van der Waals surface area contributed by atoms with Crippen molar-refractivity contribution in [3.8, 4) is 0 Å². The lowest BCUT2D eigenvalue weighted by Crippen LogP contribution is -2.06. The molecule has 16 heavy (non-hydrogen) atoms. The standard InChI is InChI=1S/C10H9N3OS2/c14-10(12-9-11-6-7-15-9)16-13-8-4-2-1-3-5-8/h1-7,13H,(H,11,12,14). The summed E-state index contributed by atoms with van der Waals surface area (Å²) in [6, 6.07) is 9.52. The van der Waals surface area contributed by atoms with Gasteiger partial charge in [0, 0.05) is 29.2 Å². The number of aromatic nitrogens is 1. The van der Waals surface area contributed by atoms with Crippen LogP contribution in [0.3, 0.4) is 0 Å². The van der Waals surface area contributed by atoms with Crippen LogP contribution in [0.4, 0.5) is 15.6 Å². The monoisotopic (exact) mass is 251 g/mol. The molecule has 0 aliphatic heterocycles. The van der Waals surface area contributed by atoms with Crippen LogP contribution in [0.5, 0.6) is 0 Å². The van der Waals surface area contributed by atoms with E-state index in [1.54, 1.807) is 6.20 Å². The number of hydrogen-bond acceptors (Lipinski definition) is 5. The summed E-state index contributed by atoms with van der Waals surface area (Å²) in [5, 5.41) is 4.89. The zero-order chi connectivity index (χ0) is 11.2. The number of carbonyl (C=O) groups is 1. The maximum Gasteiger partial charge on any atom is 0.305 e. The van der Waals surface area contributed by atoms with Gasteiger partial charge in [-0.1, -0.05) is 18.2 Å². The van der Waals surface area contributed by atoms with E-state index in [-0.39, 0.29) is 5.24 Å². The van der Waals surface area contributed by atoms with Crippen molar-refractivity contribution in [1.82, 2.24) is 4.98 Å². The van der Waals surface area contributed by atoms with E-state index in [0.29, 0.717) is 5.13 Å². The summed E-state index contributed by atoms with van der Waals surface area (Å²) < 4.78 is 2.94. The summed E-state index contributed by atoms with van der Waals surface area (Å²) in [6.07, 6.45) is 1.65. The van der Waals surface area contributed by atoms with Gasteiger partial charge in [0.05, 0.1) is 0 Å². The van der Waals surface area contributed by atoms with Crippen LogP contribution in [-0.2, 0) is 0 Å². The van der Waals surface area contributed by atoms with Crippen LogP contribution in [0, 0.1) is 0 Å². The average molecular weight is 251 g/mol. The highest BCUT2D eigenvalue weighted by molar-refractivity contribution is 8.15. The first kappa shape index (κ1) is 11.0. The van der Waals surface area contributed by atoms with Crippen molar-refractivity contribution in [3.63, 3.8) is 0 Å². The minimum Gasteiger partial charge on any atom is -0.322 e. The Morgan fingerprint density at radius 3 is 2.81 bits per heavy atom. The highest BCUT2D eigenvalue weighted by Gasteiger charge is 2.04. The summed E-state index contributed by atoms with van der Waals surface area (Å²) in [7, 11) is 0. The SMILES string of the molecule is O=C(Nc1nccs1)SNc1ccccc1. The van der Waals surface area contributed by atoms with Crippen LogP contribution in [0.25, 0.3) is 0 Å². The van der Waals surface area contributed by atoms with E-state index in [2.05, 4.69) is 15.0 Å². The third kappa shape index (κ3) is 3.25. The van der Waals surface area contributed by atoms with Crippen molar-refractivity contribution in [3.05, 3.63) is 41.9 Å². The number of carbonyl (C=O) groups excluding carboxylic acids is 1. The van der Waals surface area contributed by atoms with Gasteiger partial charge in [-0.3, -0.25) is 10.1 Å². The summed E-state index contributed by atoms with van der Waals surface area (Å²) in [4.78, 5) is 15.4. The van der Waals surface area contributed by atoms with E-state index in [1.165, 1.54) is 11.3 Å². The van der Waals surface area contributed by atoms with Crippen molar-refractivity contribution in [2.24, 2.45) is 0 Å². The minimum atomic E-state index is -0.182. The fraction of sp³-hybridized carbons (Fsp3) is 0. The van der Waals surface area contributed by atoms with Gasteiger partial charge in [-0.05, 0) is 12.1 Å². The predicted molar refractivity (Wildman–Crippen MR) is 68.8 cm³/mol. The zero-order valence-electron chi connectivity index (χ0n) is 8.21. The quantitative estimate of drug-likeness (QED) is 0.820. The molecular weight excluding hydrogens is 242 g/mol. The zero-order valence-corrected chi connectivity index (χ0v) is 9.85. The number of thiazole rings is 1. The molecule has 1 aromatic heterocycles. The molecule has 0 spiro atoms. The van der Waals surface area contributed by atoms with Crippen molar-refractivity contribution in [2.75, 3.05) is 10.0 Å². The van der Waals surface area contributed by atoms with Crippen LogP contribution in [-0.4, -0.2) is 10.2 Å². The predicted octanol–water partition coefficient (Wildman–Crippen LogP) is 3.44. The third-order valence-corrected chi connectivity index (χ3v) is 2.99. The van der Waals surface area contributed by atoms with E-state index in [9.17, 15) is 4.79 Å². The largest absolute Gasteiger partial charge is 0.322 e. The fourth-order valence-corrected chi connectivity index (χ4v) is 2.09. The smallest absolute Gasteiger partial charge is 0.305 e. The maximum atomic E-state index is 11.4. The normalized spacial score (nSPS) is 9.75. The number of benzene rings is 1. The number of nitrogens with zero attached hydrogens (tertiary/aromatic N) is 1. The van der Waals surface area contributed by atoms with Gasteiger partial charge in [0.2, 0.25) is 0 Å². The Balaban J connectivity index is 1.80. The number of anilines is 2. The van der Waals surface area contributed by atoms with E-state index in [1.807, 2.05) is 35.7 Å². The number of rotatable bonds is 3. The van der Waals surface area contributed by atoms with Gasteiger partial charge in [-0.2, -0.15) is 0 Å². The molecule has 1 amide bonds. The van der Waals surface area contributed by atoms with Gasteiger partial charge in [0.1, 0.15) is 0 Å². The molecular formula is C10H9N3OS2. The maximum absolute atomic E-state index is 11.4. The number of amides is 1. The molecule has 0 saturated heterocycles. The topological polar surface area (TPSA) is 54.0 Å². The summed E-state index contributed by atoms with van der Waals surface area (Å²) in [5.41, 5.74) is 0.891. The molecule has 0 saturated carbocycles. The van der Waals surface area contributed by atoms with E-state index in [4.69, 9.17) is 0 Å². The Bertz CT molecular complexity index is 444. The average Bonchev–Trinajstić information content (AvgIpc) is 2.81. The summed E-state index contributed by atoms with van der Waals surface area (Å²) >= 11 is 2.38. The van der Waals surface area contributed by atoms with E-state index in [0.717, 1.165) is 17.6 Å². The Morgan fingerprint density at radius 2 is 2.12 bits per heavy atom. The van der Waals surface area contributed by atoms with Crippen molar-refractivity contribution < 1.29 is 4.79 Å². The molecule has 1 aromatic carbocycles. The molecule has 0 unspecified atom stereocenters. The summed E-state index contributed by atoms with van der Waals surface area (Å²) in [6.45, 7) is 0. The number of nitrogens with one attached hydrogen (secondary N) is 2. The number of para-hydroxylation sites is 1. The molecule has 0 fully saturated rings. The Hall–Kier alpha value is -1.53. The molecule has 0 aliphatic rings. The minimum absolute atomic E-state index is 0.182. The van der Waals surface area contributed by atoms with Crippen LogP contribution in [0.15, 0.2) is 41.9 Å². The van der Waals surface area contributed by atoms with Gasteiger partial charge in [0.15, 0.2) is 5.13 Å². The van der Waals surface area contributed by atoms with Gasteiger partial charge in [-0.15, -0.1) is 11.3 Å². The molecule has 2 aromatic rings. The molecule has 82 valence electrons. The Labute approximate surface area is 101 Å². The molecule has 0 radical (unpaired) electrons. The molecule has 0 bridgehead atoms. The highest BCUT2D eigenvalue weighted by atomic mass is 32.2. The molecule has 6 heteroatoms. The Kier molecular flexibility index (Phi) is 3.79. The van der Waals surface area contributed by atoms with E-state index >= 15 is 0 Å². The van der Waals surface area contributed by atoms with Crippen LogP contribution in [0.1, 0.15) is 0 Å². The summed E-state index contributed by atoms with van der Waals surface area (Å²) in [5.74, 6) is 0. The number of hydrogen-bond donors (Lipinski definition) is 2. The molecule has 0 aliphatic carbocycles. The van der Waals surface area contributed by atoms with Crippen LogP contribution < -0.4 is 10.0 Å². The van der Waals surface area contributed by atoms with Crippen molar-refractivity contribution in [2.45, 2.75) is 0 Å². The highest BCUT2D eigenvalue weighted by Crippen LogP contribution is 2.16. The van der Waals surface area contributed by atoms with Crippen molar-refractivity contribution >= 4 is 39.3 Å². The lowest BCUT2D eigenvalue weighted by Gasteiger charge is -2.03. The second-order valence-electron chi connectivity index (χ2n) is 2.82. The second kappa shape index (κ2) is 5.53. The molecule has 2 rings (SSSR count).